The average molecular weight is 449 g/mol. The van der Waals surface area contributed by atoms with Crippen LogP contribution in [0.5, 0.6) is 5.75 Å². The summed E-state index contributed by atoms with van der Waals surface area (Å²) in [7, 11) is 1.60. The van der Waals surface area contributed by atoms with Crippen molar-refractivity contribution >= 4 is 17.5 Å². The zero-order valence-corrected chi connectivity index (χ0v) is 19.3. The molecule has 1 aromatic heterocycles. The molecule has 3 aromatic rings. The van der Waals surface area contributed by atoms with E-state index in [-0.39, 0.29) is 17.5 Å². The third-order valence-electron chi connectivity index (χ3n) is 5.86. The van der Waals surface area contributed by atoms with Crippen molar-refractivity contribution in [3.63, 3.8) is 0 Å². The van der Waals surface area contributed by atoms with Gasteiger partial charge in [-0.3, -0.25) is 4.79 Å². The standard InChI is InChI=1S/C26H29FN4O2/c1-18(2)31(19-11-13-20(33-3)14-12-19)25(32)22-17-28-26(30-15-7-4-8-16-30)29-24(22)21-9-5-6-10-23(21)27/h5-6,9-14,17-18H,4,7-8,15-16H2,1-3H3. The molecule has 2 aromatic carbocycles. The zero-order valence-electron chi connectivity index (χ0n) is 19.3. The van der Waals surface area contributed by atoms with Crippen molar-refractivity contribution in [3.8, 4) is 17.0 Å². The van der Waals surface area contributed by atoms with E-state index in [2.05, 4.69) is 9.88 Å². The van der Waals surface area contributed by atoms with Crippen LogP contribution in [-0.4, -0.2) is 42.1 Å². The van der Waals surface area contributed by atoms with Crippen molar-refractivity contribution in [3.05, 3.63) is 66.1 Å². The van der Waals surface area contributed by atoms with Gasteiger partial charge in [-0.2, -0.15) is 0 Å². The van der Waals surface area contributed by atoms with Crippen LogP contribution in [-0.2, 0) is 0 Å². The van der Waals surface area contributed by atoms with Crippen LogP contribution in [0.1, 0.15) is 43.5 Å². The minimum absolute atomic E-state index is 0.138. The van der Waals surface area contributed by atoms with Crippen LogP contribution in [0.3, 0.4) is 0 Å². The topological polar surface area (TPSA) is 58.6 Å². The van der Waals surface area contributed by atoms with E-state index in [1.54, 1.807) is 36.4 Å². The number of benzene rings is 2. The van der Waals surface area contributed by atoms with Crippen molar-refractivity contribution in [2.24, 2.45) is 0 Å². The smallest absolute Gasteiger partial charge is 0.262 e. The van der Waals surface area contributed by atoms with Crippen LogP contribution in [0.15, 0.2) is 54.7 Å². The lowest BCUT2D eigenvalue weighted by molar-refractivity contribution is 0.0980. The van der Waals surface area contributed by atoms with Crippen LogP contribution in [0.25, 0.3) is 11.3 Å². The minimum Gasteiger partial charge on any atom is -0.497 e. The molecule has 172 valence electrons. The van der Waals surface area contributed by atoms with Crippen molar-refractivity contribution < 1.29 is 13.9 Å². The van der Waals surface area contributed by atoms with Crippen LogP contribution < -0.4 is 14.5 Å². The maximum Gasteiger partial charge on any atom is 0.262 e. The van der Waals surface area contributed by atoms with Crippen LogP contribution >= 0.6 is 0 Å². The highest BCUT2D eigenvalue weighted by Crippen LogP contribution is 2.30. The number of methoxy groups -OCH3 is 1. The summed E-state index contributed by atoms with van der Waals surface area (Å²) in [5.41, 5.74) is 1.59. The molecular weight excluding hydrogens is 419 g/mol. The van der Waals surface area contributed by atoms with E-state index in [9.17, 15) is 9.18 Å². The summed E-state index contributed by atoms with van der Waals surface area (Å²) in [5.74, 6) is 0.537. The lowest BCUT2D eigenvalue weighted by atomic mass is 10.0. The SMILES string of the molecule is COc1ccc(N(C(=O)c2cnc(N3CCCCC3)nc2-c2ccccc2F)C(C)C)cc1. The lowest BCUT2D eigenvalue weighted by Crippen LogP contribution is -2.38. The van der Waals surface area contributed by atoms with E-state index >= 15 is 0 Å². The second kappa shape index (κ2) is 9.98. The van der Waals surface area contributed by atoms with Crippen molar-refractivity contribution in [1.29, 1.82) is 0 Å². The summed E-state index contributed by atoms with van der Waals surface area (Å²) in [6.45, 7) is 5.59. The molecule has 7 heteroatoms. The number of carbonyl (C=O) groups is 1. The third-order valence-corrected chi connectivity index (χ3v) is 5.86. The molecule has 0 saturated carbocycles. The van der Waals surface area contributed by atoms with Gasteiger partial charge in [0.2, 0.25) is 5.95 Å². The Hall–Kier alpha value is -3.48. The van der Waals surface area contributed by atoms with Crippen LogP contribution in [0.2, 0.25) is 0 Å². The Morgan fingerprint density at radius 2 is 1.76 bits per heavy atom. The number of anilines is 2. The summed E-state index contributed by atoms with van der Waals surface area (Å²) >= 11 is 0. The maximum absolute atomic E-state index is 14.8. The molecule has 0 unspecified atom stereocenters. The van der Waals surface area contributed by atoms with Crippen molar-refractivity contribution in [2.45, 2.75) is 39.2 Å². The van der Waals surface area contributed by atoms with E-state index in [1.165, 1.54) is 12.5 Å². The second-order valence-electron chi connectivity index (χ2n) is 8.43. The maximum atomic E-state index is 14.8. The van der Waals surface area contributed by atoms with Gasteiger partial charge in [0.25, 0.3) is 5.91 Å². The molecule has 6 nitrogen and oxygen atoms in total. The minimum atomic E-state index is -0.421. The number of hydrogen-bond acceptors (Lipinski definition) is 5. The molecule has 2 heterocycles. The van der Waals surface area contributed by atoms with Gasteiger partial charge in [0.1, 0.15) is 11.6 Å². The van der Waals surface area contributed by atoms with Gasteiger partial charge in [0.05, 0.1) is 18.4 Å². The number of ether oxygens (including phenoxy) is 1. The summed E-state index contributed by atoms with van der Waals surface area (Å²) < 4.78 is 20.1. The Kier molecular flexibility index (Phi) is 6.87. The van der Waals surface area contributed by atoms with E-state index in [1.807, 2.05) is 38.1 Å². The summed E-state index contributed by atoms with van der Waals surface area (Å²) in [5, 5.41) is 0. The number of amides is 1. The van der Waals surface area contributed by atoms with Crippen molar-refractivity contribution in [2.75, 3.05) is 30.0 Å². The summed E-state index contributed by atoms with van der Waals surface area (Å²) in [4.78, 5) is 26.8. The van der Waals surface area contributed by atoms with E-state index in [0.29, 0.717) is 23.0 Å². The first-order valence-electron chi connectivity index (χ1n) is 11.3. The molecule has 4 rings (SSSR count). The monoisotopic (exact) mass is 448 g/mol. The molecule has 1 amide bonds. The number of aromatic nitrogens is 2. The Balaban J connectivity index is 1.80. The molecule has 1 saturated heterocycles. The molecule has 0 spiro atoms. The molecule has 0 atom stereocenters. The Bertz CT molecular complexity index is 1110. The van der Waals surface area contributed by atoms with Gasteiger partial charge < -0.3 is 14.5 Å². The fraction of sp³-hybridized carbons (Fsp3) is 0.346. The number of nitrogens with zero attached hydrogens (tertiary/aromatic N) is 4. The predicted molar refractivity (Wildman–Crippen MR) is 128 cm³/mol. The van der Waals surface area contributed by atoms with E-state index < -0.39 is 5.82 Å². The Morgan fingerprint density at radius 3 is 2.39 bits per heavy atom. The Morgan fingerprint density at radius 1 is 1.06 bits per heavy atom. The third kappa shape index (κ3) is 4.82. The van der Waals surface area contributed by atoms with E-state index in [4.69, 9.17) is 9.72 Å². The first kappa shape index (κ1) is 22.7. The van der Waals surface area contributed by atoms with Gasteiger partial charge in [-0.15, -0.1) is 0 Å². The number of carbonyl (C=O) groups excluding carboxylic acids is 1. The quantitative estimate of drug-likeness (QED) is 0.510. The normalized spacial score (nSPS) is 13.8. The van der Waals surface area contributed by atoms with Gasteiger partial charge in [-0.05, 0) is 69.5 Å². The number of rotatable bonds is 6. The highest BCUT2D eigenvalue weighted by atomic mass is 19.1. The predicted octanol–water partition coefficient (Wildman–Crippen LogP) is 5.34. The fourth-order valence-corrected chi connectivity index (χ4v) is 4.16. The summed E-state index contributed by atoms with van der Waals surface area (Å²) in [6, 6.07) is 13.6. The molecule has 0 radical (unpaired) electrons. The molecule has 1 aliphatic heterocycles. The van der Waals surface area contributed by atoms with Gasteiger partial charge in [0.15, 0.2) is 0 Å². The highest BCUT2D eigenvalue weighted by molar-refractivity contribution is 6.10. The Labute approximate surface area is 194 Å². The van der Waals surface area contributed by atoms with Crippen LogP contribution in [0, 0.1) is 5.82 Å². The van der Waals surface area contributed by atoms with Gasteiger partial charge in [-0.1, -0.05) is 12.1 Å². The lowest BCUT2D eigenvalue weighted by Gasteiger charge is -2.29. The second-order valence-corrected chi connectivity index (χ2v) is 8.43. The first-order chi connectivity index (χ1) is 16.0. The molecule has 0 aliphatic carbocycles. The molecule has 1 fully saturated rings. The first-order valence-corrected chi connectivity index (χ1v) is 11.3. The molecule has 0 N–H and O–H groups in total. The van der Waals surface area contributed by atoms with E-state index in [0.717, 1.165) is 31.6 Å². The fourth-order valence-electron chi connectivity index (χ4n) is 4.16. The zero-order chi connectivity index (χ0) is 23.4. The van der Waals surface area contributed by atoms with Crippen LogP contribution in [0.4, 0.5) is 16.0 Å². The molecular formula is C26H29FN4O2. The van der Waals surface area contributed by atoms with Crippen molar-refractivity contribution in [1.82, 2.24) is 9.97 Å². The highest BCUT2D eigenvalue weighted by Gasteiger charge is 2.27. The molecule has 33 heavy (non-hydrogen) atoms. The molecule has 1 aliphatic rings. The largest absolute Gasteiger partial charge is 0.497 e. The van der Waals surface area contributed by atoms with Gasteiger partial charge >= 0.3 is 0 Å². The number of hydrogen-bond donors (Lipinski definition) is 0. The van der Waals surface area contributed by atoms with Gasteiger partial charge in [-0.25, -0.2) is 14.4 Å². The van der Waals surface area contributed by atoms with Gasteiger partial charge in [0, 0.05) is 36.6 Å². The summed E-state index contributed by atoms with van der Waals surface area (Å²) in [6.07, 6.45) is 4.85. The molecule has 0 bridgehead atoms. The number of halogens is 1. The average Bonchev–Trinajstić information content (AvgIpc) is 2.85. The number of piperidine rings is 1.